The molecule has 2 aromatic heterocycles. The zero-order valence-electron chi connectivity index (χ0n) is 13.5. The van der Waals surface area contributed by atoms with Gasteiger partial charge in [-0.05, 0) is 38.3 Å². The second-order valence-electron chi connectivity index (χ2n) is 5.92. The van der Waals surface area contributed by atoms with E-state index in [4.69, 9.17) is 18.7 Å². The molecule has 1 aliphatic rings. The molecule has 2 aromatic rings. The van der Waals surface area contributed by atoms with Crippen LogP contribution >= 0.6 is 0 Å². The number of oxazole rings is 1. The summed E-state index contributed by atoms with van der Waals surface area (Å²) in [4.78, 5) is 6.94. The number of hydrogen-bond acceptors (Lipinski definition) is 6. The summed E-state index contributed by atoms with van der Waals surface area (Å²) in [7, 11) is 0. The Morgan fingerprint density at radius 2 is 2.22 bits per heavy atom. The quantitative estimate of drug-likeness (QED) is 0.791. The second kappa shape index (κ2) is 7.77. The Balaban J connectivity index is 1.51. The average molecular weight is 320 g/mol. The first kappa shape index (κ1) is 16.2. The molecule has 6 nitrogen and oxygen atoms in total. The molecule has 0 bridgehead atoms. The fourth-order valence-electron chi connectivity index (χ4n) is 2.84. The predicted octanol–water partition coefficient (Wildman–Crippen LogP) is 2.61. The monoisotopic (exact) mass is 320 g/mol. The number of aryl methyl sites for hydroxylation is 1. The van der Waals surface area contributed by atoms with Crippen LogP contribution in [0.4, 0.5) is 0 Å². The molecule has 1 fully saturated rings. The number of aliphatic hydroxyl groups excluding tert-OH is 1. The molecule has 23 heavy (non-hydrogen) atoms. The summed E-state index contributed by atoms with van der Waals surface area (Å²) < 4.78 is 16.8. The standard InChI is InChI=1S/C17H24N2O4/c1-13-15(18-17(23-13)16-4-2-10-22-16)12-19-7-5-14(6-8-19)21-11-3-9-20/h2,4,10,14,20H,3,5-9,11-12H2,1H3. The van der Waals surface area contributed by atoms with E-state index in [0.717, 1.165) is 43.9 Å². The van der Waals surface area contributed by atoms with Crippen molar-refractivity contribution >= 4 is 0 Å². The van der Waals surface area contributed by atoms with Crippen molar-refractivity contribution in [2.75, 3.05) is 26.3 Å². The number of nitrogens with zero attached hydrogens (tertiary/aromatic N) is 2. The van der Waals surface area contributed by atoms with Crippen LogP contribution in [0.1, 0.15) is 30.7 Å². The van der Waals surface area contributed by atoms with Crippen LogP contribution in [-0.4, -0.2) is 47.4 Å². The van der Waals surface area contributed by atoms with Gasteiger partial charge in [0, 0.05) is 32.8 Å². The van der Waals surface area contributed by atoms with Crippen LogP contribution < -0.4 is 0 Å². The van der Waals surface area contributed by atoms with Gasteiger partial charge in [0.1, 0.15) is 5.76 Å². The summed E-state index contributed by atoms with van der Waals surface area (Å²) in [5, 5.41) is 8.79. The first-order valence-electron chi connectivity index (χ1n) is 8.21. The Morgan fingerprint density at radius 1 is 1.39 bits per heavy atom. The van der Waals surface area contributed by atoms with Crippen molar-refractivity contribution in [3.63, 3.8) is 0 Å². The van der Waals surface area contributed by atoms with E-state index in [9.17, 15) is 0 Å². The second-order valence-corrected chi connectivity index (χ2v) is 5.92. The third-order valence-electron chi connectivity index (χ3n) is 4.19. The van der Waals surface area contributed by atoms with E-state index >= 15 is 0 Å². The summed E-state index contributed by atoms with van der Waals surface area (Å²) in [5.74, 6) is 2.05. The molecule has 0 aliphatic carbocycles. The van der Waals surface area contributed by atoms with Gasteiger partial charge in [0.25, 0.3) is 5.89 Å². The van der Waals surface area contributed by atoms with Crippen LogP contribution in [0.25, 0.3) is 11.7 Å². The predicted molar refractivity (Wildman–Crippen MR) is 84.9 cm³/mol. The van der Waals surface area contributed by atoms with Gasteiger partial charge in [0.2, 0.25) is 0 Å². The molecule has 3 heterocycles. The Kier molecular flexibility index (Phi) is 5.48. The van der Waals surface area contributed by atoms with Crippen molar-refractivity contribution < 1.29 is 18.7 Å². The van der Waals surface area contributed by atoms with Gasteiger partial charge in [-0.1, -0.05) is 0 Å². The van der Waals surface area contributed by atoms with Gasteiger partial charge in [-0.2, -0.15) is 0 Å². The van der Waals surface area contributed by atoms with Crippen molar-refractivity contribution in [3.8, 4) is 11.7 Å². The van der Waals surface area contributed by atoms with Gasteiger partial charge >= 0.3 is 0 Å². The lowest BCUT2D eigenvalue weighted by Crippen LogP contribution is -2.37. The van der Waals surface area contributed by atoms with Crippen molar-refractivity contribution in [2.24, 2.45) is 0 Å². The Morgan fingerprint density at radius 3 is 2.91 bits per heavy atom. The van der Waals surface area contributed by atoms with Gasteiger partial charge in [-0.25, -0.2) is 4.98 Å². The van der Waals surface area contributed by atoms with Crippen molar-refractivity contribution in [3.05, 3.63) is 29.9 Å². The number of furan rings is 1. The topological polar surface area (TPSA) is 71.9 Å². The summed E-state index contributed by atoms with van der Waals surface area (Å²) in [6, 6.07) is 3.68. The molecule has 0 aromatic carbocycles. The minimum absolute atomic E-state index is 0.197. The Bertz CT molecular complexity index is 586. The van der Waals surface area contributed by atoms with Crippen LogP contribution in [0.5, 0.6) is 0 Å². The molecule has 0 amide bonds. The lowest BCUT2D eigenvalue weighted by atomic mass is 10.1. The lowest BCUT2D eigenvalue weighted by molar-refractivity contribution is 0.000541. The Hall–Kier alpha value is -1.63. The first-order valence-corrected chi connectivity index (χ1v) is 8.21. The highest BCUT2D eigenvalue weighted by Crippen LogP contribution is 2.24. The largest absolute Gasteiger partial charge is 0.459 e. The molecule has 0 saturated carbocycles. The number of hydrogen-bond donors (Lipinski definition) is 1. The van der Waals surface area contributed by atoms with E-state index in [2.05, 4.69) is 9.88 Å². The van der Waals surface area contributed by atoms with Crippen LogP contribution in [0.15, 0.2) is 27.2 Å². The number of likely N-dealkylation sites (tertiary alicyclic amines) is 1. The minimum Gasteiger partial charge on any atom is -0.459 e. The normalized spacial score (nSPS) is 17.0. The van der Waals surface area contributed by atoms with Crippen LogP contribution in [0.2, 0.25) is 0 Å². The molecule has 3 rings (SSSR count). The molecule has 0 unspecified atom stereocenters. The van der Waals surface area contributed by atoms with Crippen molar-refractivity contribution in [1.29, 1.82) is 0 Å². The van der Waals surface area contributed by atoms with E-state index in [0.29, 0.717) is 30.8 Å². The molecule has 0 radical (unpaired) electrons. The van der Waals surface area contributed by atoms with Crippen molar-refractivity contribution in [1.82, 2.24) is 9.88 Å². The highest BCUT2D eigenvalue weighted by molar-refractivity contribution is 5.44. The highest BCUT2D eigenvalue weighted by Gasteiger charge is 2.22. The van der Waals surface area contributed by atoms with E-state index in [1.54, 1.807) is 6.26 Å². The number of piperidine rings is 1. The number of ether oxygens (including phenoxy) is 1. The summed E-state index contributed by atoms with van der Waals surface area (Å²) in [6.07, 6.45) is 4.69. The maximum absolute atomic E-state index is 8.79. The fourth-order valence-corrected chi connectivity index (χ4v) is 2.84. The molecule has 1 N–H and O–H groups in total. The van der Waals surface area contributed by atoms with E-state index in [1.807, 2.05) is 19.1 Å². The number of aromatic nitrogens is 1. The van der Waals surface area contributed by atoms with Gasteiger partial charge in [-0.15, -0.1) is 0 Å². The zero-order chi connectivity index (χ0) is 16.1. The SMILES string of the molecule is Cc1oc(-c2ccco2)nc1CN1CCC(OCCCO)CC1. The van der Waals surface area contributed by atoms with E-state index < -0.39 is 0 Å². The summed E-state index contributed by atoms with van der Waals surface area (Å²) in [6.45, 7) is 5.57. The van der Waals surface area contributed by atoms with Gasteiger partial charge < -0.3 is 18.7 Å². The molecule has 0 atom stereocenters. The van der Waals surface area contributed by atoms with E-state index in [-0.39, 0.29) is 6.61 Å². The average Bonchev–Trinajstić information content (AvgIpc) is 3.20. The van der Waals surface area contributed by atoms with Crippen LogP contribution in [0, 0.1) is 6.92 Å². The molecular weight excluding hydrogens is 296 g/mol. The Labute approximate surface area is 136 Å². The maximum Gasteiger partial charge on any atom is 0.263 e. The minimum atomic E-state index is 0.197. The number of rotatable bonds is 7. The molecular formula is C17H24N2O4. The van der Waals surface area contributed by atoms with Crippen molar-refractivity contribution in [2.45, 2.75) is 38.8 Å². The van der Waals surface area contributed by atoms with Gasteiger partial charge in [-0.3, -0.25) is 4.90 Å². The van der Waals surface area contributed by atoms with Gasteiger partial charge in [0.05, 0.1) is 18.1 Å². The zero-order valence-corrected chi connectivity index (χ0v) is 13.5. The smallest absolute Gasteiger partial charge is 0.263 e. The molecule has 1 aliphatic heterocycles. The molecule has 126 valence electrons. The number of aliphatic hydroxyl groups is 1. The maximum atomic E-state index is 8.79. The van der Waals surface area contributed by atoms with E-state index in [1.165, 1.54) is 0 Å². The van der Waals surface area contributed by atoms with Gasteiger partial charge in [0.15, 0.2) is 5.76 Å². The third kappa shape index (κ3) is 4.22. The fraction of sp³-hybridized carbons (Fsp3) is 0.588. The summed E-state index contributed by atoms with van der Waals surface area (Å²) >= 11 is 0. The first-order chi connectivity index (χ1) is 11.3. The molecule has 6 heteroatoms. The third-order valence-corrected chi connectivity index (χ3v) is 4.19. The lowest BCUT2D eigenvalue weighted by Gasteiger charge is -2.31. The van der Waals surface area contributed by atoms with Crippen LogP contribution in [-0.2, 0) is 11.3 Å². The highest BCUT2D eigenvalue weighted by atomic mass is 16.5. The molecule has 0 spiro atoms. The summed E-state index contributed by atoms with van der Waals surface area (Å²) in [5.41, 5.74) is 0.969. The molecule has 1 saturated heterocycles. The van der Waals surface area contributed by atoms with Crippen LogP contribution in [0.3, 0.4) is 0 Å².